The van der Waals surface area contributed by atoms with Crippen LogP contribution in [0.4, 0.5) is 0 Å². The van der Waals surface area contributed by atoms with Crippen molar-refractivity contribution in [1.82, 2.24) is 4.98 Å². The highest BCUT2D eigenvalue weighted by atomic mass is 32.1. The van der Waals surface area contributed by atoms with Gasteiger partial charge >= 0.3 is 5.97 Å². The molecule has 0 aliphatic rings. The Hall–Kier alpha value is -2.20. The van der Waals surface area contributed by atoms with Gasteiger partial charge in [-0.25, -0.2) is 9.78 Å². The number of hydrogen-bond donors (Lipinski definition) is 1. The molecule has 0 atom stereocenters. The minimum atomic E-state index is -0.897. The number of rotatable bonds is 3. The lowest BCUT2D eigenvalue weighted by atomic mass is 10.1. The van der Waals surface area contributed by atoms with E-state index in [9.17, 15) is 4.79 Å². The molecule has 0 aliphatic heterocycles. The third kappa shape index (κ3) is 2.48. The van der Waals surface area contributed by atoms with Crippen LogP contribution in [0.25, 0.3) is 10.2 Å². The molecule has 0 bridgehead atoms. The molecule has 0 saturated heterocycles. The van der Waals surface area contributed by atoms with E-state index in [1.807, 2.05) is 30.3 Å². The molecule has 3 aromatic rings. The van der Waals surface area contributed by atoms with E-state index in [1.165, 1.54) is 4.70 Å². The summed E-state index contributed by atoms with van der Waals surface area (Å²) >= 11 is 1.68. The quantitative estimate of drug-likeness (QED) is 0.790. The molecule has 0 aliphatic carbocycles. The predicted octanol–water partition coefficient (Wildman–Crippen LogP) is 3.59. The third-order valence-corrected chi connectivity index (χ3v) is 3.93. The number of para-hydroxylation sites is 1. The van der Waals surface area contributed by atoms with Crippen molar-refractivity contribution in [3.8, 4) is 0 Å². The Bertz CT molecular complexity index is 698. The van der Waals surface area contributed by atoms with Crippen molar-refractivity contribution in [2.24, 2.45) is 0 Å². The van der Waals surface area contributed by atoms with Crippen LogP contribution in [0.2, 0.25) is 0 Å². The number of thiazole rings is 1. The molecule has 1 N–H and O–H groups in total. The highest BCUT2D eigenvalue weighted by Gasteiger charge is 2.06. The molecule has 0 spiro atoms. The van der Waals surface area contributed by atoms with Crippen LogP contribution >= 0.6 is 11.3 Å². The first-order valence-electron chi connectivity index (χ1n) is 5.89. The Kier molecular flexibility index (Phi) is 3.01. The van der Waals surface area contributed by atoms with Gasteiger partial charge < -0.3 is 5.11 Å². The number of fused-ring (bicyclic) bond motifs is 1. The molecule has 4 heteroatoms. The second kappa shape index (κ2) is 4.82. The Balaban J connectivity index is 1.86. The zero-order valence-corrected chi connectivity index (χ0v) is 10.9. The average Bonchev–Trinajstić information content (AvgIpc) is 2.81. The fraction of sp³-hybridized carbons (Fsp3) is 0.0667. The summed E-state index contributed by atoms with van der Waals surface area (Å²) < 4.78 is 1.18. The molecule has 0 radical (unpaired) electrons. The lowest BCUT2D eigenvalue weighted by Crippen LogP contribution is -1.96. The Labute approximate surface area is 114 Å². The van der Waals surface area contributed by atoms with E-state index in [1.54, 1.807) is 23.5 Å². The molecule has 19 heavy (non-hydrogen) atoms. The van der Waals surface area contributed by atoms with Crippen LogP contribution in [-0.4, -0.2) is 16.1 Å². The molecular formula is C15H11NO2S. The van der Waals surface area contributed by atoms with Gasteiger partial charge in [-0.1, -0.05) is 24.3 Å². The van der Waals surface area contributed by atoms with Crippen molar-refractivity contribution in [3.05, 3.63) is 64.7 Å². The van der Waals surface area contributed by atoms with Gasteiger partial charge in [-0.3, -0.25) is 0 Å². The molecular weight excluding hydrogens is 258 g/mol. The number of carboxylic acids is 1. The zero-order valence-electron chi connectivity index (χ0n) is 10.0. The molecule has 1 heterocycles. The molecule has 0 unspecified atom stereocenters. The molecule has 1 aromatic heterocycles. The van der Waals surface area contributed by atoms with Gasteiger partial charge in [0.05, 0.1) is 20.8 Å². The molecule has 0 saturated carbocycles. The van der Waals surface area contributed by atoms with Crippen molar-refractivity contribution < 1.29 is 9.90 Å². The largest absolute Gasteiger partial charge is 0.478 e. The second-order valence-corrected chi connectivity index (χ2v) is 5.37. The predicted molar refractivity (Wildman–Crippen MR) is 75.8 cm³/mol. The maximum absolute atomic E-state index is 10.8. The number of nitrogens with zero attached hydrogens (tertiary/aromatic N) is 1. The Morgan fingerprint density at radius 2 is 1.84 bits per heavy atom. The summed E-state index contributed by atoms with van der Waals surface area (Å²) in [5.74, 6) is -0.897. The van der Waals surface area contributed by atoms with Gasteiger partial charge in [0.2, 0.25) is 0 Å². The molecule has 3 rings (SSSR count). The zero-order chi connectivity index (χ0) is 13.2. The number of hydrogen-bond acceptors (Lipinski definition) is 3. The van der Waals surface area contributed by atoms with Gasteiger partial charge in [-0.2, -0.15) is 0 Å². The molecule has 0 amide bonds. The van der Waals surface area contributed by atoms with E-state index in [-0.39, 0.29) is 0 Å². The average molecular weight is 269 g/mol. The normalized spacial score (nSPS) is 10.7. The lowest BCUT2D eigenvalue weighted by molar-refractivity contribution is 0.0697. The van der Waals surface area contributed by atoms with Crippen LogP contribution in [0.3, 0.4) is 0 Å². The van der Waals surface area contributed by atoms with E-state index in [0.717, 1.165) is 22.5 Å². The third-order valence-electron chi connectivity index (χ3n) is 2.89. The van der Waals surface area contributed by atoms with E-state index in [4.69, 9.17) is 5.11 Å². The van der Waals surface area contributed by atoms with Crippen molar-refractivity contribution in [3.63, 3.8) is 0 Å². The lowest BCUT2D eigenvalue weighted by Gasteiger charge is -1.98. The van der Waals surface area contributed by atoms with E-state index in [2.05, 4.69) is 11.1 Å². The maximum atomic E-state index is 10.8. The molecule has 94 valence electrons. The topological polar surface area (TPSA) is 50.2 Å². The van der Waals surface area contributed by atoms with Crippen LogP contribution in [0.5, 0.6) is 0 Å². The molecule has 3 nitrogen and oxygen atoms in total. The van der Waals surface area contributed by atoms with Gasteiger partial charge in [0.1, 0.15) is 0 Å². The van der Waals surface area contributed by atoms with Crippen molar-refractivity contribution in [2.45, 2.75) is 6.42 Å². The summed E-state index contributed by atoms with van der Waals surface area (Å²) in [5, 5.41) is 9.90. The van der Waals surface area contributed by atoms with Crippen LogP contribution in [-0.2, 0) is 6.42 Å². The molecule has 2 aromatic carbocycles. The fourth-order valence-corrected chi connectivity index (χ4v) is 2.94. The first-order chi connectivity index (χ1) is 9.22. The van der Waals surface area contributed by atoms with Crippen LogP contribution in [0.1, 0.15) is 20.9 Å². The van der Waals surface area contributed by atoms with E-state index in [0.29, 0.717) is 5.56 Å². The van der Waals surface area contributed by atoms with Gasteiger partial charge in [-0.05, 0) is 29.8 Å². The van der Waals surface area contributed by atoms with E-state index >= 15 is 0 Å². The number of carboxylic acid groups (broad SMARTS) is 1. The minimum absolute atomic E-state index is 0.313. The van der Waals surface area contributed by atoms with Crippen LogP contribution < -0.4 is 0 Å². The van der Waals surface area contributed by atoms with Gasteiger partial charge in [0, 0.05) is 6.42 Å². The number of benzene rings is 2. The number of aromatic carboxylic acids is 1. The highest BCUT2D eigenvalue weighted by molar-refractivity contribution is 7.18. The van der Waals surface area contributed by atoms with Crippen molar-refractivity contribution in [1.29, 1.82) is 0 Å². The van der Waals surface area contributed by atoms with Crippen LogP contribution in [0, 0.1) is 0 Å². The number of carbonyl (C=O) groups is 1. The Morgan fingerprint density at radius 1 is 1.11 bits per heavy atom. The summed E-state index contributed by atoms with van der Waals surface area (Å²) in [6, 6.07) is 15.0. The van der Waals surface area contributed by atoms with Gasteiger partial charge in [0.25, 0.3) is 0 Å². The summed E-state index contributed by atoms with van der Waals surface area (Å²) in [6.45, 7) is 0. The summed E-state index contributed by atoms with van der Waals surface area (Å²) in [4.78, 5) is 15.3. The van der Waals surface area contributed by atoms with Gasteiger partial charge in [-0.15, -0.1) is 11.3 Å². The maximum Gasteiger partial charge on any atom is 0.335 e. The molecule has 0 fully saturated rings. The SMILES string of the molecule is O=C(O)c1ccc(Cc2nc3ccccc3s2)cc1. The van der Waals surface area contributed by atoms with Crippen molar-refractivity contribution in [2.75, 3.05) is 0 Å². The van der Waals surface area contributed by atoms with Gasteiger partial charge in [0.15, 0.2) is 0 Å². The Morgan fingerprint density at radius 3 is 2.53 bits per heavy atom. The monoisotopic (exact) mass is 269 g/mol. The first kappa shape index (κ1) is 11.9. The van der Waals surface area contributed by atoms with Crippen molar-refractivity contribution >= 4 is 27.5 Å². The summed E-state index contributed by atoms with van der Waals surface area (Å²) in [6.07, 6.45) is 0.735. The highest BCUT2D eigenvalue weighted by Crippen LogP contribution is 2.23. The van der Waals surface area contributed by atoms with E-state index < -0.39 is 5.97 Å². The summed E-state index contributed by atoms with van der Waals surface area (Å²) in [7, 11) is 0. The minimum Gasteiger partial charge on any atom is -0.478 e. The standard InChI is InChI=1S/C15H11NO2S/c17-15(18)11-7-5-10(6-8-11)9-14-16-12-3-1-2-4-13(12)19-14/h1-8H,9H2,(H,17,18). The fourth-order valence-electron chi connectivity index (χ4n) is 1.94. The number of aromatic nitrogens is 1. The summed E-state index contributed by atoms with van der Waals surface area (Å²) in [5.41, 5.74) is 2.40. The second-order valence-electron chi connectivity index (χ2n) is 4.25. The van der Waals surface area contributed by atoms with Crippen LogP contribution in [0.15, 0.2) is 48.5 Å². The first-order valence-corrected chi connectivity index (χ1v) is 6.71. The smallest absolute Gasteiger partial charge is 0.335 e.